The quantitative estimate of drug-likeness (QED) is 0.901. The molecule has 3 heteroatoms. The summed E-state index contributed by atoms with van der Waals surface area (Å²) in [6.07, 6.45) is 2.69. The number of nitrogens with one attached hydrogen (secondary N) is 1. The average molecular weight is 313 g/mol. The minimum absolute atomic E-state index is 0.0714. The third kappa shape index (κ3) is 2.02. The maximum atomic E-state index is 12.7. The maximum Gasteiger partial charge on any atom is 0.224 e. The highest BCUT2D eigenvalue weighted by molar-refractivity contribution is 5.83. The van der Waals surface area contributed by atoms with Crippen molar-refractivity contribution in [3.8, 4) is 0 Å². The second-order valence-corrected chi connectivity index (χ2v) is 8.62. The van der Waals surface area contributed by atoms with E-state index < -0.39 is 6.10 Å². The van der Waals surface area contributed by atoms with Crippen molar-refractivity contribution in [2.24, 2.45) is 22.7 Å². The summed E-state index contributed by atoms with van der Waals surface area (Å²) in [5.41, 5.74) is 1.28. The van der Waals surface area contributed by atoms with Gasteiger partial charge in [0.1, 0.15) is 0 Å². The molecule has 0 heterocycles. The molecule has 0 radical (unpaired) electrons. The third-order valence-corrected chi connectivity index (χ3v) is 7.46. The van der Waals surface area contributed by atoms with Crippen LogP contribution in [0.3, 0.4) is 0 Å². The Morgan fingerprint density at radius 2 is 1.91 bits per heavy atom. The Morgan fingerprint density at radius 1 is 1.22 bits per heavy atom. The number of hydrogen-bond acceptors (Lipinski definition) is 2. The number of carbonyl (C=O) groups is 1. The summed E-state index contributed by atoms with van der Waals surface area (Å²) in [6.45, 7) is 6.70. The molecule has 3 saturated carbocycles. The van der Waals surface area contributed by atoms with Gasteiger partial charge in [0.2, 0.25) is 5.91 Å². The molecule has 0 aliphatic heterocycles. The van der Waals surface area contributed by atoms with E-state index in [1.54, 1.807) is 0 Å². The maximum absolute atomic E-state index is 12.7. The van der Waals surface area contributed by atoms with Crippen LogP contribution in [0.2, 0.25) is 0 Å². The van der Waals surface area contributed by atoms with Gasteiger partial charge >= 0.3 is 0 Å². The van der Waals surface area contributed by atoms with Crippen LogP contribution >= 0.6 is 0 Å². The average Bonchev–Trinajstić information content (AvgIpc) is 3.27. The molecule has 23 heavy (non-hydrogen) atoms. The Kier molecular flexibility index (Phi) is 3.19. The van der Waals surface area contributed by atoms with Crippen LogP contribution in [0, 0.1) is 22.7 Å². The highest BCUT2D eigenvalue weighted by Gasteiger charge is 2.66. The third-order valence-electron chi connectivity index (χ3n) is 7.46. The number of benzene rings is 1. The Bertz CT molecular complexity index is 626. The molecule has 0 spiro atoms. The number of fused-ring (bicyclic) bond motifs is 2. The Balaban J connectivity index is 1.45. The smallest absolute Gasteiger partial charge is 0.224 e. The van der Waals surface area contributed by atoms with Crippen LogP contribution in [0.5, 0.6) is 0 Å². The molecule has 1 amide bonds. The molecule has 0 aromatic heterocycles. The van der Waals surface area contributed by atoms with Gasteiger partial charge in [-0.15, -0.1) is 0 Å². The molecular formula is C20H27NO2. The van der Waals surface area contributed by atoms with E-state index in [0.29, 0.717) is 11.8 Å². The normalized spacial score (nSPS) is 43.4. The van der Waals surface area contributed by atoms with E-state index in [1.807, 2.05) is 18.2 Å². The first-order chi connectivity index (χ1) is 10.9. The van der Waals surface area contributed by atoms with E-state index in [4.69, 9.17) is 0 Å². The van der Waals surface area contributed by atoms with Gasteiger partial charge in [0.15, 0.2) is 0 Å². The number of hydrogen-bond donors (Lipinski definition) is 2. The van der Waals surface area contributed by atoms with Crippen molar-refractivity contribution >= 4 is 5.91 Å². The summed E-state index contributed by atoms with van der Waals surface area (Å²) in [7, 11) is 0. The van der Waals surface area contributed by atoms with Crippen LogP contribution in [0.15, 0.2) is 30.3 Å². The molecule has 3 fully saturated rings. The van der Waals surface area contributed by atoms with Crippen LogP contribution in [0.1, 0.15) is 51.5 Å². The molecule has 2 bridgehead atoms. The Labute approximate surface area is 138 Å². The first kappa shape index (κ1) is 15.2. The molecule has 0 unspecified atom stereocenters. The van der Waals surface area contributed by atoms with Crippen molar-refractivity contribution in [3.05, 3.63) is 35.9 Å². The highest BCUT2D eigenvalue weighted by Crippen LogP contribution is 2.65. The lowest BCUT2D eigenvalue weighted by atomic mass is 9.70. The second-order valence-electron chi connectivity index (χ2n) is 8.62. The van der Waals surface area contributed by atoms with Crippen molar-refractivity contribution < 1.29 is 9.90 Å². The molecule has 1 aromatic carbocycles. The van der Waals surface area contributed by atoms with Crippen LogP contribution in [0.25, 0.3) is 0 Å². The number of carbonyl (C=O) groups excluding carboxylic acids is 1. The SMILES string of the molecule is CC1(C)[C@@H]2CC[C@@]1(C)[C@H](O)[C@@H]2NC(=O)[C@@H]1C[C@H]1c1ccccc1. The number of rotatable bonds is 3. The predicted molar refractivity (Wildman–Crippen MR) is 89.8 cm³/mol. The zero-order valence-corrected chi connectivity index (χ0v) is 14.3. The lowest BCUT2D eigenvalue weighted by molar-refractivity contribution is -0.124. The lowest BCUT2D eigenvalue weighted by Gasteiger charge is -2.37. The molecule has 6 atom stereocenters. The van der Waals surface area contributed by atoms with Crippen LogP contribution in [-0.2, 0) is 4.79 Å². The first-order valence-corrected chi connectivity index (χ1v) is 8.89. The summed E-state index contributed by atoms with van der Waals surface area (Å²) in [6, 6.07) is 10.2. The standard InChI is InChI=1S/C20H27NO2/c1-19(2)15-9-10-20(19,3)17(22)16(15)21-18(23)14-11-13(14)12-7-5-4-6-8-12/h4-8,13-17,22H,9-11H2,1-3H3,(H,21,23)/t13-,14+,15+,16+,17+,20-/m0/s1. The summed E-state index contributed by atoms with van der Waals surface area (Å²) in [4.78, 5) is 12.7. The van der Waals surface area contributed by atoms with Crippen molar-refractivity contribution in [2.75, 3.05) is 0 Å². The molecule has 3 aliphatic rings. The van der Waals surface area contributed by atoms with Gasteiger partial charge in [-0.05, 0) is 42.1 Å². The van der Waals surface area contributed by atoms with E-state index in [0.717, 1.165) is 19.3 Å². The molecule has 124 valence electrons. The number of amides is 1. The summed E-state index contributed by atoms with van der Waals surface area (Å²) in [5, 5.41) is 14.0. The van der Waals surface area contributed by atoms with Gasteiger partial charge in [0.05, 0.1) is 12.1 Å². The van der Waals surface area contributed by atoms with Gasteiger partial charge in [0, 0.05) is 11.3 Å². The van der Waals surface area contributed by atoms with E-state index in [2.05, 4.69) is 38.2 Å². The zero-order chi connectivity index (χ0) is 16.4. The fraction of sp³-hybridized carbons (Fsp3) is 0.650. The van der Waals surface area contributed by atoms with Crippen molar-refractivity contribution in [3.63, 3.8) is 0 Å². The van der Waals surface area contributed by atoms with Crippen LogP contribution < -0.4 is 5.32 Å². The van der Waals surface area contributed by atoms with E-state index in [-0.39, 0.29) is 28.7 Å². The number of aliphatic hydroxyl groups excluding tert-OH is 1. The molecule has 0 saturated heterocycles. The van der Waals surface area contributed by atoms with Crippen LogP contribution in [-0.4, -0.2) is 23.2 Å². The number of aliphatic hydroxyl groups is 1. The predicted octanol–water partition coefficient (Wildman–Crippen LogP) is 3.09. The van der Waals surface area contributed by atoms with Gasteiger partial charge in [-0.1, -0.05) is 51.1 Å². The van der Waals surface area contributed by atoms with E-state index in [1.165, 1.54) is 5.56 Å². The van der Waals surface area contributed by atoms with Crippen molar-refractivity contribution in [2.45, 2.75) is 58.1 Å². The lowest BCUT2D eigenvalue weighted by Crippen LogP contribution is -2.49. The first-order valence-electron chi connectivity index (χ1n) is 8.89. The van der Waals surface area contributed by atoms with Crippen LogP contribution in [0.4, 0.5) is 0 Å². The zero-order valence-electron chi connectivity index (χ0n) is 14.3. The molecular weight excluding hydrogens is 286 g/mol. The van der Waals surface area contributed by atoms with Gasteiger partial charge in [-0.3, -0.25) is 4.79 Å². The van der Waals surface area contributed by atoms with Gasteiger partial charge in [-0.2, -0.15) is 0 Å². The Morgan fingerprint density at radius 3 is 2.52 bits per heavy atom. The molecule has 1 aromatic rings. The fourth-order valence-corrected chi connectivity index (χ4v) is 5.34. The summed E-state index contributed by atoms with van der Waals surface area (Å²) >= 11 is 0. The van der Waals surface area contributed by atoms with E-state index in [9.17, 15) is 9.90 Å². The second kappa shape index (κ2) is 4.83. The molecule has 2 N–H and O–H groups in total. The molecule has 3 nitrogen and oxygen atoms in total. The Hall–Kier alpha value is -1.35. The largest absolute Gasteiger partial charge is 0.390 e. The van der Waals surface area contributed by atoms with Gasteiger partial charge < -0.3 is 10.4 Å². The minimum Gasteiger partial charge on any atom is -0.390 e. The summed E-state index contributed by atoms with van der Waals surface area (Å²) < 4.78 is 0. The monoisotopic (exact) mass is 313 g/mol. The van der Waals surface area contributed by atoms with Gasteiger partial charge in [-0.25, -0.2) is 0 Å². The highest BCUT2D eigenvalue weighted by atomic mass is 16.3. The van der Waals surface area contributed by atoms with E-state index >= 15 is 0 Å². The molecule has 4 rings (SSSR count). The topological polar surface area (TPSA) is 49.3 Å². The van der Waals surface area contributed by atoms with Gasteiger partial charge in [0.25, 0.3) is 0 Å². The van der Waals surface area contributed by atoms with Crippen molar-refractivity contribution in [1.82, 2.24) is 5.32 Å². The molecule has 3 aliphatic carbocycles. The summed E-state index contributed by atoms with van der Waals surface area (Å²) in [5.74, 6) is 0.963. The van der Waals surface area contributed by atoms with Crippen molar-refractivity contribution in [1.29, 1.82) is 0 Å². The fourth-order valence-electron chi connectivity index (χ4n) is 5.34. The minimum atomic E-state index is -0.422.